The fourth-order valence-electron chi connectivity index (χ4n) is 4.86. The third-order valence-electron chi connectivity index (χ3n) is 6.52. The SMILES string of the molecule is CC(C)CN(Cc1cnc(S(=O)(=O)Cc2ccccc2)n1Cc1ccccc1)C(=O)C1CCCC1. The van der Waals surface area contributed by atoms with Crippen LogP contribution in [0.25, 0.3) is 0 Å². The highest BCUT2D eigenvalue weighted by Gasteiger charge is 2.30. The molecule has 1 saturated carbocycles. The first-order valence-corrected chi connectivity index (χ1v) is 14.1. The van der Waals surface area contributed by atoms with Gasteiger partial charge in [0.15, 0.2) is 0 Å². The molecule has 0 N–H and O–H groups in total. The Morgan fingerprint density at radius 2 is 1.60 bits per heavy atom. The fraction of sp³-hybridized carbons (Fsp3) is 0.429. The van der Waals surface area contributed by atoms with Gasteiger partial charge in [-0.2, -0.15) is 0 Å². The van der Waals surface area contributed by atoms with Gasteiger partial charge in [-0.05, 0) is 29.9 Å². The number of carbonyl (C=O) groups excluding carboxylic acids is 1. The molecule has 0 bridgehead atoms. The average molecular weight is 494 g/mol. The van der Waals surface area contributed by atoms with E-state index in [0.717, 1.165) is 42.5 Å². The molecule has 6 nitrogen and oxygen atoms in total. The molecule has 0 unspecified atom stereocenters. The molecule has 7 heteroatoms. The second kappa shape index (κ2) is 11.2. The van der Waals surface area contributed by atoms with Crippen molar-refractivity contribution in [1.29, 1.82) is 0 Å². The lowest BCUT2D eigenvalue weighted by Crippen LogP contribution is -2.38. The molecule has 1 heterocycles. The lowest BCUT2D eigenvalue weighted by molar-refractivity contribution is -0.136. The summed E-state index contributed by atoms with van der Waals surface area (Å²) in [4.78, 5) is 19.7. The molecular formula is C28H35N3O3S. The van der Waals surface area contributed by atoms with Crippen molar-refractivity contribution in [2.24, 2.45) is 11.8 Å². The lowest BCUT2D eigenvalue weighted by atomic mass is 10.1. The number of carbonyl (C=O) groups is 1. The van der Waals surface area contributed by atoms with Gasteiger partial charge in [0.25, 0.3) is 0 Å². The average Bonchev–Trinajstić information content (AvgIpc) is 3.50. The number of benzene rings is 2. The first kappa shape index (κ1) is 25.2. The normalized spacial score (nSPS) is 14.5. The van der Waals surface area contributed by atoms with Crippen LogP contribution < -0.4 is 0 Å². The van der Waals surface area contributed by atoms with Gasteiger partial charge in [0, 0.05) is 12.5 Å². The number of rotatable bonds is 10. The summed E-state index contributed by atoms with van der Waals surface area (Å²) >= 11 is 0. The van der Waals surface area contributed by atoms with Crippen molar-refractivity contribution in [1.82, 2.24) is 14.5 Å². The van der Waals surface area contributed by atoms with E-state index in [0.29, 0.717) is 25.6 Å². The quantitative estimate of drug-likeness (QED) is 0.395. The molecular weight excluding hydrogens is 458 g/mol. The van der Waals surface area contributed by atoms with Crippen molar-refractivity contribution in [3.63, 3.8) is 0 Å². The summed E-state index contributed by atoms with van der Waals surface area (Å²) < 4.78 is 28.7. The Kier molecular flexibility index (Phi) is 8.06. The van der Waals surface area contributed by atoms with E-state index < -0.39 is 9.84 Å². The van der Waals surface area contributed by atoms with Crippen molar-refractivity contribution >= 4 is 15.7 Å². The second-order valence-corrected chi connectivity index (χ2v) is 11.8. The Balaban J connectivity index is 1.68. The van der Waals surface area contributed by atoms with Gasteiger partial charge >= 0.3 is 0 Å². The van der Waals surface area contributed by atoms with Crippen LogP contribution in [0.1, 0.15) is 56.4 Å². The molecule has 1 fully saturated rings. The molecule has 1 amide bonds. The van der Waals surface area contributed by atoms with Crippen LogP contribution in [0.4, 0.5) is 0 Å². The monoisotopic (exact) mass is 493 g/mol. The van der Waals surface area contributed by atoms with Crippen LogP contribution in [-0.2, 0) is 33.5 Å². The maximum atomic E-state index is 13.5. The molecule has 1 aliphatic rings. The van der Waals surface area contributed by atoms with Crippen molar-refractivity contribution in [3.05, 3.63) is 83.7 Å². The minimum atomic E-state index is -3.69. The molecule has 0 atom stereocenters. The predicted molar refractivity (Wildman–Crippen MR) is 137 cm³/mol. The molecule has 0 radical (unpaired) electrons. The smallest absolute Gasteiger partial charge is 0.228 e. The second-order valence-electron chi connectivity index (χ2n) is 9.94. The Hall–Kier alpha value is -2.93. The lowest BCUT2D eigenvalue weighted by Gasteiger charge is -2.28. The topological polar surface area (TPSA) is 72.3 Å². The van der Waals surface area contributed by atoms with Crippen molar-refractivity contribution in [2.45, 2.75) is 63.5 Å². The first-order chi connectivity index (χ1) is 16.8. The molecule has 4 rings (SSSR count). The highest BCUT2D eigenvalue weighted by Crippen LogP contribution is 2.28. The zero-order valence-corrected chi connectivity index (χ0v) is 21.5. The minimum absolute atomic E-state index is 0.0537. The van der Waals surface area contributed by atoms with E-state index in [1.807, 2.05) is 65.6 Å². The van der Waals surface area contributed by atoms with Crippen molar-refractivity contribution in [3.8, 4) is 0 Å². The van der Waals surface area contributed by atoms with Gasteiger partial charge < -0.3 is 9.47 Å². The summed E-state index contributed by atoms with van der Waals surface area (Å²) in [6, 6.07) is 19.0. The molecule has 2 aromatic carbocycles. The largest absolute Gasteiger partial charge is 0.336 e. The summed E-state index contributed by atoms with van der Waals surface area (Å²) in [5, 5.41) is 0.0537. The van der Waals surface area contributed by atoms with Crippen LogP contribution in [0.15, 0.2) is 72.0 Å². The van der Waals surface area contributed by atoms with Gasteiger partial charge in [0.2, 0.25) is 20.9 Å². The van der Waals surface area contributed by atoms with Gasteiger partial charge in [-0.1, -0.05) is 87.4 Å². The van der Waals surface area contributed by atoms with E-state index in [9.17, 15) is 13.2 Å². The van der Waals surface area contributed by atoms with E-state index in [2.05, 4.69) is 18.8 Å². The number of amides is 1. The number of nitrogens with zero attached hydrogens (tertiary/aromatic N) is 3. The van der Waals surface area contributed by atoms with E-state index in [-0.39, 0.29) is 22.7 Å². The molecule has 186 valence electrons. The van der Waals surface area contributed by atoms with E-state index >= 15 is 0 Å². The third kappa shape index (κ3) is 6.40. The van der Waals surface area contributed by atoms with Gasteiger partial charge in [0.1, 0.15) is 0 Å². The maximum Gasteiger partial charge on any atom is 0.228 e. The van der Waals surface area contributed by atoms with Crippen molar-refractivity contribution < 1.29 is 13.2 Å². The van der Waals surface area contributed by atoms with E-state index in [1.54, 1.807) is 10.8 Å². The molecule has 0 aliphatic heterocycles. The highest BCUT2D eigenvalue weighted by atomic mass is 32.2. The fourth-order valence-corrected chi connectivity index (χ4v) is 6.35. The molecule has 0 saturated heterocycles. The van der Waals surface area contributed by atoms with Crippen LogP contribution in [0.5, 0.6) is 0 Å². The number of imidazole rings is 1. The summed E-state index contributed by atoms with van der Waals surface area (Å²) in [5.41, 5.74) is 2.45. The molecule has 3 aromatic rings. The Morgan fingerprint density at radius 1 is 1.00 bits per heavy atom. The maximum absolute atomic E-state index is 13.5. The minimum Gasteiger partial charge on any atom is -0.336 e. The van der Waals surface area contributed by atoms with E-state index in [1.165, 1.54) is 0 Å². The number of hydrogen-bond acceptors (Lipinski definition) is 4. The molecule has 0 spiro atoms. The van der Waals surface area contributed by atoms with Crippen LogP contribution >= 0.6 is 0 Å². The van der Waals surface area contributed by atoms with Gasteiger partial charge in [-0.15, -0.1) is 0 Å². The van der Waals surface area contributed by atoms with Crippen LogP contribution in [0, 0.1) is 11.8 Å². The number of sulfone groups is 1. The van der Waals surface area contributed by atoms with Gasteiger partial charge in [0.05, 0.1) is 30.7 Å². The summed E-state index contributed by atoms with van der Waals surface area (Å²) in [6.45, 7) is 5.58. The van der Waals surface area contributed by atoms with Crippen LogP contribution in [-0.4, -0.2) is 35.3 Å². The van der Waals surface area contributed by atoms with E-state index in [4.69, 9.17) is 0 Å². The number of hydrogen-bond donors (Lipinski definition) is 0. The van der Waals surface area contributed by atoms with Gasteiger partial charge in [-0.3, -0.25) is 4.79 Å². The van der Waals surface area contributed by atoms with Crippen LogP contribution in [0.3, 0.4) is 0 Å². The Labute approximate surface area is 208 Å². The first-order valence-electron chi connectivity index (χ1n) is 12.5. The summed E-state index contributed by atoms with van der Waals surface area (Å²) in [7, 11) is -3.69. The standard InChI is InChI=1S/C28H35N3O3S/c1-22(2)18-30(27(32)25-15-9-10-16-25)20-26-17-29-28(31(26)19-23-11-5-3-6-12-23)35(33,34)21-24-13-7-4-8-14-24/h3-8,11-14,17,22,25H,9-10,15-16,18-21H2,1-2H3. The summed E-state index contributed by atoms with van der Waals surface area (Å²) in [5.74, 6) is 0.445. The van der Waals surface area contributed by atoms with Crippen LogP contribution in [0.2, 0.25) is 0 Å². The van der Waals surface area contributed by atoms with Gasteiger partial charge in [-0.25, -0.2) is 13.4 Å². The summed E-state index contributed by atoms with van der Waals surface area (Å²) in [6.07, 6.45) is 5.70. The zero-order valence-electron chi connectivity index (χ0n) is 20.6. The third-order valence-corrected chi connectivity index (χ3v) is 8.11. The zero-order chi connectivity index (χ0) is 24.8. The predicted octanol–water partition coefficient (Wildman–Crippen LogP) is 5.08. The number of aromatic nitrogens is 2. The molecule has 1 aliphatic carbocycles. The Morgan fingerprint density at radius 3 is 2.20 bits per heavy atom. The molecule has 1 aromatic heterocycles. The Bertz CT molecular complexity index is 1210. The van der Waals surface area contributed by atoms with Crippen molar-refractivity contribution in [2.75, 3.05) is 6.54 Å². The molecule has 35 heavy (non-hydrogen) atoms. The highest BCUT2D eigenvalue weighted by molar-refractivity contribution is 7.90.